The van der Waals surface area contributed by atoms with E-state index in [9.17, 15) is 4.79 Å². The summed E-state index contributed by atoms with van der Waals surface area (Å²) in [5.41, 5.74) is 2.02. The highest BCUT2D eigenvalue weighted by Gasteiger charge is 2.30. The van der Waals surface area contributed by atoms with Crippen molar-refractivity contribution < 1.29 is 9.53 Å². The molecule has 1 aliphatic rings. The van der Waals surface area contributed by atoms with Crippen LogP contribution >= 0.6 is 27.7 Å². The van der Waals surface area contributed by atoms with Crippen LogP contribution in [0.4, 0.5) is 0 Å². The predicted molar refractivity (Wildman–Crippen MR) is 105 cm³/mol. The molecular formula is C18H16BrN3O2S. The molecule has 3 rings (SSSR count). The lowest BCUT2D eigenvalue weighted by atomic mass is 10.1. The van der Waals surface area contributed by atoms with E-state index in [2.05, 4.69) is 31.4 Å². The molecule has 0 saturated carbocycles. The van der Waals surface area contributed by atoms with Crippen molar-refractivity contribution in [3.63, 3.8) is 0 Å². The van der Waals surface area contributed by atoms with Crippen molar-refractivity contribution in [2.75, 3.05) is 7.11 Å². The van der Waals surface area contributed by atoms with Gasteiger partial charge in [0.1, 0.15) is 5.75 Å². The Balaban J connectivity index is 1.60. The van der Waals surface area contributed by atoms with Gasteiger partial charge in [0, 0.05) is 4.47 Å². The normalized spacial score (nSPS) is 18.7. The Morgan fingerprint density at radius 3 is 2.60 bits per heavy atom. The van der Waals surface area contributed by atoms with Crippen LogP contribution in [-0.4, -0.2) is 29.6 Å². The maximum Gasteiger partial charge on any atom is 0.239 e. The van der Waals surface area contributed by atoms with Crippen LogP contribution in [0.1, 0.15) is 11.1 Å². The summed E-state index contributed by atoms with van der Waals surface area (Å²) in [5.74, 6) is 0.754. The Morgan fingerprint density at radius 2 is 1.92 bits per heavy atom. The minimum absolute atomic E-state index is 0.0358. The van der Waals surface area contributed by atoms with Gasteiger partial charge in [-0.2, -0.15) is 5.10 Å². The van der Waals surface area contributed by atoms with Crippen LogP contribution in [-0.2, 0) is 11.2 Å². The van der Waals surface area contributed by atoms with Crippen LogP contribution in [0.15, 0.2) is 63.2 Å². The molecule has 2 aromatic carbocycles. The Kier molecular flexibility index (Phi) is 5.88. The van der Waals surface area contributed by atoms with Crippen molar-refractivity contribution in [3.8, 4) is 5.75 Å². The minimum Gasteiger partial charge on any atom is -0.497 e. The van der Waals surface area contributed by atoms with E-state index in [0.717, 1.165) is 21.3 Å². The molecule has 1 fully saturated rings. The molecule has 1 heterocycles. The van der Waals surface area contributed by atoms with Gasteiger partial charge in [-0.15, -0.1) is 5.10 Å². The van der Waals surface area contributed by atoms with Gasteiger partial charge in [-0.3, -0.25) is 4.79 Å². The van der Waals surface area contributed by atoms with Crippen molar-refractivity contribution in [2.45, 2.75) is 11.7 Å². The first-order valence-corrected chi connectivity index (χ1v) is 9.28. The number of amides is 1. The number of rotatable bonds is 5. The van der Waals surface area contributed by atoms with Crippen molar-refractivity contribution in [1.29, 1.82) is 0 Å². The molecule has 1 aliphatic heterocycles. The fourth-order valence-electron chi connectivity index (χ4n) is 2.26. The van der Waals surface area contributed by atoms with E-state index in [1.807, 2.05) is 48.5 Å². The highest BCUT2D eigenvalue weighted by molar-refractivity contribution is 9.10. The van der Waals surface area contributed by atoms with Crippen LogP contribution in [0.25, 0.3) is 0 Å². The summed E-state index contributed by atoms with van der Waals surface area (Å²) in [6.45, 7) is 0. The monoisotopic (exact) mass is 417 g/mol. The number of carbonyl (C=O) groups is 1. The van der Waals surface area contributed by atoms with Crippen molar-refractivity contribution in [3.05, 3.63) is 64.1 Å². The highest BCUT2D eigenvalue weighted by Crippen LogP contribution is 2.24. The molecule has 0 aliphatic carbocycles. The first-order valence-electron chi connectivity index (χ1n) is 7.61. The third-order valence-electron chi connectivity index (χ3n) is 3.58. The Labute approximate surface area is 158 Å². The maximum absolute atomic E-state index is 12.1. The number of hydrogen-bond donors (Lipinski definition) is 1. The Hall–Kier alpha value is -2.12. The van der Waals surface area contributed by atoms with E-state index in [4.69, 9.17) is 4.74 Å². The molecule has 0 spiro atoms. The molecule has 0 bridgehead atoms. The van der Waals surface area contributed by atoms with Gasteiger partial charge in [-0.05, 0) is 53.9 Å². The summed E-state index contributed by atoms with van der Waals surface area (Å²) in [7, 11) is 1.62. The van der Waals surface area contributed by atoms with Crippen molar-refractivity contribution >= 4 is 45.0 Å². The zero-order chi connectivity index (χ0) is 17.6. The van der Waals surface area contributed by atoms with Gasteiger partial charge in [0.15, 0.2) is 5.17 Å². The van der Waals surface area contributed by atoms with Crippen LogP contribution in [0, 0.1) is 0 Å². The number of nitrogens with one attached hydrogen (secondary N) is 1. The molecule has 1 atom stereocenters. The molecule has 0 radical (unpaired) electrons. The zero-order valence-corrected chi connectivity index (χ0v) is 15.9. The molecule has 1 N–H and O–H groups in total. The Bertz CT molecular complexity index is 804. The summed E-state index contributed by atoms with van der Waals surface area (Å²) in [6.07, 6.45) is 2.30. The van der Waals surface area contributed by atoms with E-state index in [-0.39, 0.29) is 11.2 Å². The van der Waals surface area contributed by atoms with E-state index < -0.39 is 0 Å². The van der Waals surface area contributed by atoms with Crippen molar-refractivity contribution in [2.24, 2.45) is 10.2 Å². The number of benzene rings is 2. The average Bonchev–Trinajstić information content (AvgIpc) is 2.97. The number of halogens is 1. The van der Waals surface area contributed by atoms with Crippen LogP contribution in [0.2, 0.25) is 0 Å². The molecule has 0 aromatic heterocycles. The number of amidine groups is 1. The molecule has 1 amide bonds. The second kappa shape index (κ2) is 8.31. The fourth-order valence-corrected chi connectivity index (χ4v) is 3.49. The van der Waals surface area contributed by atoms with Gasteiger partial charge in [0.05, 0.1) is 18.6 Å². The third kappa shape index (κ3) is 4.93. The summed E-state index contributed by atoms with van der Waals surface area (Å²) < 4.78 is 6.13. The lowest BCUT2D eigenvalue weighted by molar-refractivity contribution is -0.118. The highest BCUT2D eigenvalue weighted by atomic mass is 79.9. The maximum atomic E-state index is 12.1. The topological polar surface area (TPSA) is 63.1 Å². The van der Waals surface area contributed by atoms with Gasteiger partial charge in [-0.25, -0.2) is 0 Å². The number of methoxy groups -OCH3 is 1. The first kappa shape index (κ1) is 17.7. The standard InChI is InChI=1S/C18H16BrN3O2S/c1-24-15-8-4-13(5-9-15)11-20-22-18-21-17(23)16(25-18)10-12-2-6-14(19)7-3-12/h2-9,11,16H,10H2,1H3,(H,21,22,23)/b20-11-/t16-/m1/s1. The summed E-state index contributed by atoms with van der Waals surface area (Å²) in [5, 5.41) is 11.3. The minimum atomic E-state index is -0.184. The zero-order valence-electron chi connectivity index (χ0n) is 13.5. The lowest BCUT2D eigenvalue weighted by Crippen LogP contribution is -2.25. The lowest BCUT2D eigenvalue weighted by Gasteiger charge is -2.05. The van der Waals surface area contributed by atoms with Gasteiger partial charge in [0.2, 0.25) is 5.91 Å². The van der Waals surface area contributed by atoms with Gasteiger partial charge in [-0.1, -0.05) is 39.8 Å². The molecule has 0 unspecified atom stereocenters. The van der Waals surface area contributed by atoms with E-state index in [0.29, 0.717) is 11.6 Å². The van der Waals surface area contributed by atoms with Gasteiger partial charge in [0.25, 0.3) is 0 Å². The molecule has 7 heteroatoms. The molecular weight excluding hydrogens is 402 g/mol. The second-order valence-corrected chi connectivity index (χ2v) is 7.46. The van der Waals surface area contributed by atoms with Crippen LogP contribution in [0.5, 0.6) is 5.75 Å². The number of hydrogen-bond acceptors (Lipinski definition) is 5. The van der Waals surface area contributed by atoms with Gasteiger partial charge >= 0.3 is 0 Å². The number of thioether (sulfide) groups is 1. The van der Waals surface area contributed by atoms with Gasteiger partial charge < -0.3 is 10.1 Å². The molecule has 25 heavy (non-hydrogen) atoms. The quantitative estimate of drug-likeness (QED) is 0.596. The Morgan fingerprint density at radius 1 is 1.20 bits per heavy atom. The SMILES string of the molecule is COc1ccc(/C=N\N=C2/NC(=O)[C@@H](Cc3ccc(Br)cc3)S2)cc1. The average molecular weight is 418 g/mol. The largest absolute Gasteiger partial charge is 0.497 e. The molecule has 128 valence electrons. The van der Waals surface area contributed by atoms with E-state index in [1.165, 1.54) is 11.8 Å². The van der Waals surface area contributed by atoms with Crippen molar-refractivity contribution in [1.82, 2.24) is 5.32 Å². The third-order valence-corrected chi connectivity index (χ3v) is 5.18. The molecule has 5 nitrogen and oxygen atoms in total. The number of ether oxygens (including phenoxy) is 1. The van der Waals surface area contributed by atoms with Crippen LogP contribution < -0.4 is 10.1 Å². The van der Waals surface area contributed by atoms with E-state index >= 15 is 0 Å². The summed E-state index contributed by atoms with van der Waals surface area (Å²) in [4.78, 5) is 12.1. The molecule has 1 saturated heterocycles. The summed E-state index contributed by atoms with van der Waals surface area (Å²) in [6, 6.07) is 15.5. The number of carbonyl (C=O) groups excluding carboxylic acids is 1. The van der Waals surface area contributed by atoms with E-state index in [1.54, 1.807) is 13.3 Å². The number of nitrogens with zero attached hydrogens (tertiary/aromatic N) is 2. The smallest absolute Gasteiger partial charge is 0.239 e. The predicted octanol–water partition coefficient (Wildman–Crippen LogP) is 3.62. The second-order valence-electron chi connectivity index (χ2n) is 5.35. The summed E-state index contributed by atoms with van der Waals surface area (Å²) >= 11 is 4.81. The molecule has 2 aromatic rings. The van der Waals surface area contributed by atoms with Crippen LogP contribution in [0.3, 0.4) is 0 Å². The fraction of sp³-hybridized carbons (Fsp3) is 0.167. The first-order chi connectivity index (χ1) is 12.1.